The fourth-order valence-electron chi connectivity index (χ4n) is 0.897. The molecule has 8 heavy (non-hydrogen) atoms. The molecule has 1 fully saturated rings. The zero-order chi connectivity index (χ0) is 5.82. The SMILES string of the molecule is CSC1CCCCO1. The average Bonchev–Trinajstić information content (AvgIpc) is 1.90. The van der Waals surface area contributed by atoms with Crippen molar-refractivity contribution in [3.05, 3.63) is 0 Å². The van der Waals surface area contributed by atoms with Gasteiger partial charge in [-0.3, -0.25) is 0 Å². The molecule has 0 amide bonds. The van der Waals surface area contributed by atoms with Gasteiger partial charge >= 0.3 is 0 Å². The van der Waals surface area contributed by atoms with Gasteiger partial charge in [-0.2, -0.15) is 0 Å². The first kappa shape index (κ1) is 6.43. The minimum Gasteiger partial charge on any atom is -0.368 e. The van der Waals surface area contributed by atoms with E-state index in [9.17, 15) is 0 Å². The smallest absolute Gasteiger partial charge is 0.102 e. The molecule has 0 radical (unpaired) electrons. The number of rotatable bonds is 1. The highest BCUT2D eigenvalue weighted by Crippen LogP contribution is 2.20. The van der Waals surface area contributed by atoms with E-state index in [1.807, 2.05) is 11.8 Å². The van der Waals surface area contributed by atoms with E-state index in [1.165, 1.54) is 19.3 Å². The van der Waals surface area contributed by atoms with E-state index in [0.29, 0.717) is 5.44 Å². The van der Waals surface area contributed by atoms with Crippen LogP contribution in [-0.4, -0.2) is 18.3 Å². The fraction of sp³-hybridized carbons (Fsp3) is 1.00. The van der Waals surface area contributed by atoms with E-state index in [-0.39, 0.29) is 0 Å². The van der Waals surface area contributed by atoms with Crippen LogP contribution >= 0.6 is 11.8 Å². The third-order valence-corrected chi connectivity index (χ3v) is 2.30. The summed E-state index contributed by atoms with van der Waals surface area (Å²) in [6.45, 7) is 0.978. The normalized spacial score (nSPS) is 30.4. The van der Waals surface area contributed by atoms with Crippen molar-refractivity contribution >= 4 is 11.8 Å². The van der Waals surface area contributed by atoms with Crippen LogP contribution in [0.15, 0.2) is 0 Å². The molecule has 1 nitrogen and oxygen atoms in total. The van der Waals surface area contributed by atoms with Gasteiger partial charge in [0.15, 0.2) is 0 Å². The predicted molar refractivity (Wildman–Crippen MR) is 37.1 cm³/mol. The molecule has 0 bridgehead atoms. The Morgan fingerprint density at radius 3 is 2.75 bits per heavy atom. The van der Waals surface area contributed by atoms with Crippen LogP contribution in [0, 0.1) is 0 Å². The van der Waals surface area contributed by atoms with E-state index < -0.39 is 0 Å². The molecule has 0 aromatic carbocycles. The topological polar surface area (TPSA) is 9.23 Å². The first-order valence-corrected chi connectivity index (χ1v) is 4.36. The van der Waals surface area contributed by atoms with E-state index in [4.69, 9.17) is 4.74 Å². The van der Waals surface area contributed by atoms with Gasteiger partial charge < -0.3 is 4.74 Å². The molecule has 1 saturated heterocycles. The Bertz CT molecular complexity index is 59.5. The lowest BCUT2D eigenvalue weighted by Crippen LogP contribution is -2.14. The standard InChI is InChI=1S/C6H12OS/c1-8-6-4-2-3-5-7-6/h6H,2-5H2,1H3. The van der Waals surface area contributed by atoms with Crippen LogP contribution in [0.2, 0.25) is 0 Å². The number of ether oxygens (including phenoxy) is 1. The maximum absolute atomic E-state index is 5.39. The zero-order valence-electron chi connectivity index (χ0n) is 5.22. The van der Waals surface area contributed by atoms with Crippen LogP contribution in [0.1, 0.15) is 19.3 Å². The van der Waals surface area contributed by atoms with Crippen molar-refractivity contribution in [2.24, 2.45) is 0 Å². The molecule has 1 atom stereocenters. The van der Waals surface area contributed by atoms with E-state index in [1.54, 1.807) is 0 Å². The maximum Gasteiger partial charge on any atom is 0.102 e. The third-order valence-electron chi connectivity index (χ3n) is 1.40. The van der Waals surface area contributed by atoms with Crippen molar-refractivity contribution in [1.29, 1.82) is 0 Å². The summed E-state index contributed by atoms with van der Waals surface area (Å²) in [5, 5.41) is 0. The lowest BCUT2D eigenvalue weighted by atomic mass is 10.2. The summed E-state index contributed by atoms with van der Waals surface area (Å²) in [6.07, 6.45) is 5.97. The molecule has 0 saturated carbocycles. The Hall–Kier alpha value is 0.310. The summed E-state index contributed by atoms with van der Waals surface area (Å²) in [6, 6.07) is 0. The van der Waals surface area contributed by atoms with Crippen molar-refractivity contribution < 1.29 is 4.74 Å². The summed E-state index contributed by atoms with van der Waals surface area (Å²) in [4.78, 5) is 0. The van der Waals surface area contributed by atoms with Crippen molar-refractivity contribution in [2.75, 3.05) is 12.9 Å². The highest BCUT2D eigenvalue weighted by molar-refractivity contribution is 7.99. The Morgan fingerprint density at radius 2 is 2.38 bits per heavy atom. The second-order valence-corrected chi connectivity index (χ2v) is 3.03. The van der Waals surface area contributed by atoms with Gasteiger partial charge in [0.2, 0.25) is 0 Å². The maximum atomic E-state index is 5.39. The quantitative estimate of drug-likeness (QED) is 0.538. The molecule has 1 unspecified atom stereocenters. The van der Waals surface area contributed by atoms with Crippen LogP contribution in [0.4, 0.5) is 0 Å². The fourth-order valence-corrected chi connectivity index (χ4v) is 1.53. The summed E-state index contributed by atoms with van der Waals surface area (Å²) in [5.74, 6) is 0. The molecular formula is C6H12OS. The predicted octanol–water partition coefficient (Wildman–Crippen LogP) is 1.88. The summed E-state index contributed by atoms with van der Waals surface area (Å²) < 4.78 is 5.39. The molecule has 1 heterocycles. The van der Waals surface area contributed by atoms with Crippen LogP contribution in [0.3, 0.4) is 0 Å². The Balaban J connectivity index is 2.13. The third kappa shape index (κ3) is 1.67. The van der Waals surface area contributed by atoms with Gasteiger partial charge in [-0.15, -0.1) is 11.8 Å². The lowest BCUT2D eigenvalue weighted by molar-refractivity contribution is 0.0731. The molecule has 1 aliphatic heterocycles. The highest BCUT2D eigenvalue weighted by Gasteiger charge is 2.10. The van der Waals surface area contributed by atoms with Crippen molar-refractivity contribution in [2.45, 2.75) is 24.7 Å². The van der Waals surface area contributed by atoms with Gasteiger partial charge in [-0.1, -0.05) is 0 Å². The van der Waals surface area contributed by atoms with Crippen molar-refractivity contribution in [1.82, 2.24) is 0 Å². The molecule has 0 spiro atoms. The first-order chi connectivity index (χ1) is 3.93. The highest BCUT2D eigenvalue weighted by atomic mass is 32.2. The summed E-state index contributed by atoms with van der Waals surface area (Å²) >= 11 is 1.82. The number of hydrogen-bond acceptors (Lipinski definition) is 2. The van der Waals surface area contributed by atoms with Gasteiger partial charge in [-0.25, -0.2) is 0 Å². The Kier molecular flexibility index (Phi) is 2.70. The number of hydrogen-bond donors (Lipinski definition) is 0. The van der Waals surface area contributed by atoms with Crippen LogP contribution < -0.4 is 0 Å². The minimum absolute atomic E-state index is 0.503. The second-order valence-electron chi connectivity index (χ2n) is 2.03. The van der Waals surface area contributed by atoms with Crippen LogP contribution in [0.25, 0.3) is 0 Å². The second kappa shape index (κ2) is 3.36. The van der Waals surface area contributed by atoms with Crippen LogP contribution in [0.5, 0.6) is 0 Å². The first-order valence-electron chi connectivity index (χ1n) is 3.08. The van der Waals surface area contributed by atoms with Gasteiger partial charge in [-0.05, 0) is 25.5 Å². The van der Waals surface area contributed by atoms with E-state index >= 15 is 0 Å². The largest absolute Gasteiger partial charge is 0.368 e. The van der Waals surface area contributed by atoms with Crippen LogP contribution in [-0.2, 0) is 4.74 Å². The van der Waals surface area contributed by atoms with Gasteiger partial charge in [0.25, 0.3) is 0 Å². The van der Waals surface area contributed by atoms with Gasteiger partial charge in [0.05, 0.1) is 0 Å². The summed E-state index contributed by atoms with van der Waals surface area (Å²) in [7, 11) is 0. The Morgan fingerprint density at radius 1 is 1.50 bits per heavy atom. The molecule has 1 rings (SSSR count). The molecule has 0 N–H and O–H groups in total. The lowest BCUT2D eigenvalue weighted by Gasteiger charge is -2.19. The number of thioether (sulfide) groups is 1. The van der Waals surface area contributed by atoms with E-state index in [2.05, 4.69) is 6.26 Å². The molecule has 0 aromatic rings. The van der Waals surface area contributed by atoms with Gasteiger partial charge in [0.1, 0.15) is 5.44 Å². The summed E-state index contributed by atoms with van der Waals surface area (Å²) in [5.41, 5.74) is 0.503. The molecule has 1 aliphatic rings. The molecule has 0 aromatic heterocycles. The molecule has 0 aliphatic carbocycles. The zero-order valence-corrected chi connectivity index (χ0v) is 6.04. The monoisotopic (exact) mass is 132 g/mol. The van der Waals surface area contributed by atoms with Crippen molar-refractivity contribution in [3.63, 3.8) is 0 Å². The average molecular weight is 132 g/mol. The Labute approximate surface area is 54.8 Å². The molecule has 2 heteroatoms. The molecule has 48 valence electrons. The molecular weight excluding hydrogens is 120 g/mol. The van der Waals surface area contributed by atoms with Gasteiger partial charge in [0, 0.05) is 6.61 Å². The van der Waals surface area contributed by atoms with E-state index in [0.717, 1.165) is 6.61 Å². The van der Waals surface area contributed by atoms with Crippen molar-refractivity contribution in [3.8, 4) is 0 Å². The minimum atomic E-state index is 0.503.